The number of nitroso groups, excluding NO2 is 1. The van der Waals surface area contributed by atoms with Crippen LogP contribution < -0.4 is 0 Å². The molecule has 0 bridgehead atoms. The number of hydrogen-bond donors (Lipinski definition) is 1. The van der Waals surface area contributed by atoms with E-state index in [2.05, 4.69) is 5.18 Å². The predicted molar refractivity (Wildman–Crippen MR) is 98.9 cm³/mol. The van der Waals surface area contributed by atoms with Crippen molar-refractivity contribution in [1.29, 1.82) is 0 Å². The quantitative estimate of drug-likeness (QED) is 0.392. The van der Waals surface area contributed by atoms with Gasteiger partial charge in [-0.3, -0.25) is 10.1 Å². The van der Waals surface area contributed by atoms with Crippen molar-refractivity contribution in [2.24, 2.45) is 5.18 Å². The molecule has 0 radical (unpaired) electrons. The van der Waals surface area contributed by atoms with Gasteiger partial charge in [0.15, 0.2) is 0 Å². The Hall–Kier alpha value is -3.54. The van der Waals surface area contributed by atoms with Crippen LogP contribution in [0.5, 0.6) is 5.75 Å². The second-order valence-electron chi connectivity index (χ2n) is 5.91. The van der Waals surface area contributed by atoms with Gasteiger partial charge in [0.25, 0.3) is 5.69 Å². The maximum absolute atomic E-state index is 11.0. The third-order valence-corrected chi connectivity index (χ3v) is 4.10. The van der Waals surface area contributed by atoms with Crippen molar-refractivity contribution in [3.05, 3.63) is 98.4 Å². The van der Waals surface area contributed by atoms with E-state index >= 15 is 0 Å². The Morgan fingerprint density at radius 2 is 1.73 bits per heavy atom. The van der Waals surface area contributed by atoms with Crippen LogP contribution in [0.1, 0.15) is 16.7 Å². The van der Waals surface area contributed by atoms with E-state index in [0.717, 1.165) is 11.1 Å². The smallest absolute Gasteiger partial charge is 0.270 e. The van der Waals surface area contributed by atoms with Gasteiger partial charge < -0.3 is 5.11 Å². The van der Waals surface area contributed by atoms with E-state index in [1.54, 1.807) is 24.3 Å². The highest BCUT2D eigenvalue weighted by Gasteiger charge is 2.15. The largest absolute Gasteiger partial charge is 0.507 e. The summed E-state index contributed by atoms with van der Waals surface area (Å²) in [6.07, 6.45) is 0.606. The highest BCUT2D eigenvalue weighted by molar-refractivity contribution is 5.74. The fourth-order valence-electron chi connectivity index (χ4n) is 2.89. The topological polar surface area (TPSA) is 92.8 Å². The van der Waals surface area contributed by atoms with Crippen molar-refractivity contribution < 1.29 is 10.0 Å². The Bertz CT molecular complexity index is 955. The van der Waals surface area contributed by atoms with Gasteiger partial charge in [0, 0.05) is 23.3 Å². The summed E-state index contributed by atoms with van der Waals surface area (Å²) in [6.45, 7) is -0.170. The molecule has 3 rings (SSSR count). The van der Waals surface area contributed by atoms with Crippen LogP contribution in [0.4, 0.5) is 5.69 Å². The van der Waals surface area contributed by atoms with Crippen LogP contribution in [0.3, 0.4) is 0 Å². The normalized spacial score (nSPS) is 10.5. The lowest BCUT2D eigenvalue weighted by Crippen LogP contribution is -1.95. The molecule has 0 fully saturated rings. The lowest BCUT2D eigenvalue weighted by atomic mass is 9.95. The summed E-state index contributed by atoms with van der Waals surface area (Å²) in [5.74, 6) is -0.0816. The molecule has 0 saturated carbocycles. The second-order valence-corrected chi connectivity index (χ2v) is 5.91. The van der Waals surface area contributed by atoms with Gasteiger partial charge in [-0.15, -0.1) is 0 Å². The SMILES string of the molecule is O=NCc1cc(Cc2ccccc2)cc(-c2cccc([N+](=O)[O-])c2)c1O. The number of aromatic hydroxyl groups is 1. The molecule has 6 nitrogen and oxygen atoms in total. The first kappa shape index (κ1) is 17.3. The van der Waals surface area contributed by atoms with Crippen LogP contribution in [0.25, 0.3) is 11.1 Å². The average molecular weight is 348 g/mol. The zero-order valence-electron chi connectivity index (χ0n) is 13.8. The molecule has 0 aliphatic carbocycles. The number of nitro benzene ring substituents is 1. The number of benzene rings is 3. The monoisotopic (exact) mass is 348 g/mol. The molecule has 3 aromatic rings. The molecule has 1 N–H and O–H groups in total. The minimum Gasteiger partial charge on any atom is -0.507 e. The number of phenols is 1. The summed E-state index contributed by atoms with van der Waals surface area (Å²) in [7, 11) is 0. The van der Waals surface area contributed by atoms with E-state index in [0.29, 0.717) is 23.1 Å². The van der Waals surface area contributed by atoms with Gasteiger partial charge in [0.2, 0.25) is 0 Å². The van der Waals surface area contributed by atoms with Crippen LogP contribution >= 0.6 is 0 Å². The second kappa shape index (κ2) is 7.57. The van der Waals surface area contributed by atoms with Crippen molar-refractivity contribution in [3.63, 3.8) is 0 Å². The molecule has 0 aromatic heterocycles. The van der Waals surface area contributed by atoms with E-state index < -0.39 is 4.92 Å². The fraction of sp³-hybridized carbons (Fsp3) is 0.100. The maximum atomic E-state index is 11.0. The van der Waals surface area contributed by atoms with Crippen LogP contribution in [-0.2, 0) is 13.0 Å². The number of non-ortho nitro benzene ring substituents is 1. The van der Waals surface area contributed by atoms with Crippen LogP contribution in [0.15, 0.2) is 71.9 Å². The Kier molecular flexibility index (Phi) is 5.03. The Morgan fingerprint density at radius 3 is 2.42 bits per heavy atom. The van der Waals surface area contributed by atoms with Gasteiger partial charge in [-0.1, -0.05) is 47.6 Å². The molecule has 130 valence electrons. The van der Waals surface area contributed by atoms with Gasteiger partial charge in [0.1, 0.15) is 12.3 Å². The van der Waals surface area contributed by atoms with E-state index in [4.69, 9.17) is 0 Å². The van der Waals surface area contributed by atoms with Crippen LogP contribution in [0, 0.1) is 15.0 Å². The third kappa shape index (κ3) is 3.75. The van der Waals surface area contributed by atoms with E-state index in [9.17, 15) is 20.1 Å². The molecule has 0 saturated heterocycles. The molecule has 3 aromatic carbocycles. The van der Waals surface area contributed by atoms with Gasteiger partial charge in [-0.25, -0.2) is 0 Å². The standard InChI is InChI=1S/C20H16N2O4/c23-20-17(13-21-24)10-15(9-14-5-2-1-3-6-14)11-19(20)16-7-4-8-18(12-16)22(25)26/h1-8,10-12,23H,9,13H2. The van der Waals surface area contributed by atoms with Gasteiger partial charge in [0.05, 0.1) is 4.92 Å². The summed E-state index contributed by atoms with van der Waals surface area (Å²) in [6, 6.07) is 19.3. The first-order valence-electron chi connectivity index (χ1n) is 8.01. The summed E-state index contributed by atoms with van der Waals surface area (Å²) in [4.78, 5) is 21.3. The van der Waals surface area contributed by atoms with E-state index in [-0.39, 0.29) is 18.0 Å². The predicted octanol–water partition coefficient (Wildman–Crippen LogP) is 4.82. The zero-order chi connectivity index (χ0) is 18.5. The third-order valence-electron chi connectivity index (χ3n) is 4.10. The number of nitro groups is 1. The fourth-order valence-corrected chi connectivity index (χ4v) is 2.89. The average Bonchev–Trinajstić information content (AvgIpc) is 2.65. The lowest BCUT2D eigenvalue weighted by molar-refractivity contribution is -0.384. The molecule has 0 unspecified atom stereocenters. The molecular formula is C20H16N2O4. The van der Waals surface area contributed by atoms with Crippen molar-refractivity contribution in [1.82, 2.24) is 0 Å². The van der Waals surface area contributed by atoms with Crippen molar-refractivity contribution >= 4 is 5.69 Å². The molecule has 6 heteroatoms. The molecule has 0 heterocycles. The summed E-state index contributed by atoms with van der Waals surface area (Å²) in [5, 5.41) is 24.4. The molecule has 0 atom stereocenters. The maximum Gasteiger partial charge on any atom is 0.270 e. The van der Waals surface area contributed by atoms with E-state index in [1.807, 2.05) is 30.3 Å². The first-order chi connectivity index (χ1) is 12.6. The van der Waals surface area contributed by atoms with Crippen LogP contribution in [-0.4, -0.2) is 10.0 Å². The number of nitrogens with zero attached hydrogens (tertiary/aromatic N) is 2. The van der Waals surface area contributed by atoms with Gasteiger partial charge in [-0.05, 0) is 35.2 Å². The molecule has 0 aliphatic heterocycles. The molecule has 0 spiro atoms. The van der Waals surface area contributed by atoms with Crippen molar-refractivity contribution in [2.45, 2.75) is 13.0 Å². The zero-order valence-corrected chi connectivity index (χ0v) is 13.8. The lowest BCUT2D eigenvalue weighted by Gasteiger charge is -2.12. The number of phenolic OH excluding ortho intramolecular Hbond substituents is 1. The Morgan fingerprint density at radius 1 is 0.962 bits per heavy atom. The molecule has 0 aliphatic rings. The minimum absolute atomic E-state index is 0.0644. The number of rotatable bonds is 6. The van der Waals surface area contributed by atoms with Crippen molar-refractivity contribution in [3.8, 4) is 16.9 Å². The summed E-state index contributed by atoms with van der Waals surface area (Å²) in [5.41, 5.74) is 3.25. The Labute approximate surface area is 149 Å². The van der Waals surface area contributed by atoms with E-state index in [1.165, 1.54) is 12.1 Å². The highest BCUT2D eigenvalue weighted by atomic mass is 16.6. The van der Waals surface area contributed by atoms with Gasteiger partial charge in [-0.2, -0.15) is 4.91 Å². The molecule has 26 heavy (non-hydrogen) atoms. The Balaban J connectivity index is 2.10. The number of hydrogen-bond acceptors (Lipinski definition) is 5. The molecular weight excluding hydrogens is 332 g/mol. The van der Waals surface area contributed by atoms with Crippen LogP contribution in [0.2, 0.25) is 0 Å². The first-order valence-corrected chi connectivity index (χ1v) is 8.01. The van der Waals surface area contributed by atoms with Crippen molar-refractivity contribution in [2.75, 3.05) is 0 Å². The summed E-state index contributed by atoms with van der Waals surface area (Å²) >= 11 is 0. The highest BCUT2D eigenvalue weighted by Crippen LogP contribution is 2.36. The van der Waals surface area contributed by atoms with Gasteiger partial charge >= 0.3 is 0 Å². The summed E-state index contributed by atoms with van der Waals surface area (Å²) < 4.78 is 0. The molecule has 0 amide bonds. The minimum atomic E-state index is -0.484.